The molecule has 102 valence electrons. The maximum Gasteiger partial charge on any atom is 0.245 e. The van der Waals surface area contributed by atoms with Gasteiger partial charge >= 0.3 is 0 Å². The lowest BCUT2D eigenvalue weighted by atomic mass is 10.4. The molecular formula is C10H15BrN2O3S2. The molecule has 18 heavy (non-hydrogen) atoms. The summed E-state index contributed by atoms with van der Waals surface area (Å²) in [6.45, 7) is 0.620. The first-order valence-electron chi connectivity index (χ1n) is 5.45. The highest BCUT2D eigenvalue weighted by atomic mass is 79.9. The van der Waals surface area contributed by atoms with Gasteiger partial charge in [0.25, 0.3) is 0 Å². The van der Waals surface area contributed by atoms with Crippen LogP contribution in [0.4, 0.5) is 0 Å². The van der Waals surface area contributed by atoms with Crippen LogP contribution in [0.5, 0.6) is 0 Å². The summed E-state index contributed by atoms with van der Waals surface area (Å²) >= 11 is 4.81. The molecule has 0 aliphatic heterocycles. The van der Waals surface area contributed by atoms with Crippen molar-refractivity contribution < 1.29 is 12.8 Å². The standard InChI is InChI=1S/C10H15BrN2O3S2/c1-17-10(2-3-10)6-13-18(14,15)8-4-7(5-12)16-9(8)11/h4,13H,2-3,5-6,12H2,1H3. The number of nitrogens with one attached hydrogen (secondary N) is 1. The molecule has 0 radical (unpaired) electrons. The average Bonchev–Trinajstić information content (AvgIpc) is 3.03. The van der Waals surface area contributed by atoms with E-state index in [1.54, 1.807) is 11.8 Å². The van der Waals surface area contributed by atoms with Crippen molar-refractivity contribution in [1.82, 2.24) is 4.72 Å². The summed E-state index contributed by atoms with van der Waals surface area (Å²) in [7, 11) is -3.54. The lowest BCUT2D eigenvalue weighted by Crippen LogP contribution is -2.31. The summed E-state index contributed by atoms with van der Waals surface area (Å²) in [5.74, 6) is 0.438. The minimum absolute atomic E-state index is 0.0833. The minimum Gasteiger partial charge on any atom is -0.452 e. The third-order valence-electron chi connectivity index (χ3n) is 3.02. The molecule has 1 fully saturated rings. The zero-order valence-electron chi connectivity index (χ0n) is 9.90. The fraction of sp³-hybridized carbons (Fsp3) is 0.600. The zero-order valence-corrected chi connectivity index (χ0v) is 13.1. The molecule has 8 heteroatoms. The van der Waals surface area contributed by atoms with Gasteiger partial charge in [0.1, 0.15) is 10.7 Å². The number of halogens is 1. The maximum absolute atomic E-state index is 12.1. The SMILES string of the molecule is CSC1(CNS(=O)(=O)c2cc(CN)oc2Br)CC1. The third kappa shape index (κ3) is 2.93. The Morgan fingerprint density at radius 2 is 2.28 bits per heavy atom. The van der Waals surface area contributed by atoms with Crippen LogP contribution in [0.3, 0.4) is 0 Å². The van der Waals surface area contributed by atoms with E-state index in [9.17, 15) is 8.42 Å². The van der Waals surface area contributed by atoms with Crippen molar-refractivity contribution in [3.8, 4) is 0 Å². The summed E-state index contributed by atoms with van der Waals surface area (Å²) in [5, 5.41) is 0. The van der Waals surface area contributed by atoms with E-state index in [1.165, 1.54) is 6.07 Å². The molecule has 1 saturated carbocycles. The Bertz CT molecular complexity index is 537. The molecule has 0 atom stereocenters. The Kier molecular flexibility index (Phi) is 4.13. The monoisotopic (exact) mass is 354 g/mol. The number of sulfonamides is 1. The molecule has 2 rings (SSSR count). The van der Waals surface area contributed by atoms with Crippen LogP contribution in [0, 0.1) is 0 Å². The molecule has 1 heterocycles. The normalized spacial score (nSPS) is 17.9. The van der Waals surface area contributed by atoms with Crippen molar-refractivity contribution in [2.75, 3.05) is 12.8 Å². The second-order valence-electron chi connectivity index (χ2n) is 4.27. The molecule has 5 nitrogen and oxygen atoms in total. The highest BCUT2D eigenvalue weighted by molar-refractivity contribution is 9.10. The third-order valence-corrected chi connectivity index (χ3v) is 6.70. The summed E-state index contributed by atoms with van der Waals surface area (Å²) in [5.41, 5.74) is 5.42. The van der Waals surface area contributed by atoms with Gasteiger partial charge in [-0.15, -0.1) is 0 Å². The number of rotatable bonds is 6. The van der Waals surface area contributed by atoms with Crippen LogP contribution >= 0.6 is 27.7 Å². The Labute approximate surface area is 119 Å². The molecule has 1 aliphatic carbocycles. The summed E-state index contributed by atoms with van der Waals surface area (Å²) in [6, 6.07) is 1.45. The highest BCUT2D eigenvalue weighted by Gasteiger charge is 2.42. The first kappa shape index (κ1) is 14.4. The van der Waals surface area contributed by atoms with E-state index in [2.05, 4.69) is 20.7 Å². The largest absolute Gasteiger partial charge is 0.452 e. The van der Waals surface area contributed by atoms with Gasteiger partial charge < -0.3 is 10.2 Å². The maximum atomic E-state index is 12.1. The number of hydrogen-bond donors (Lipinski definition) is 2. The first-order chi connectivity index (χ1) is 8.42. The Balaban J connectivity index is 2.12. The van der Waals surface area contributed by atoms with Crippen LogP contribution in [0.1, 0.15) is 18.6 Å². The highest BCUT2D eigenvalue weighted by Crippen LogP contribution is 2.46. The molecule has 0 saturated heterocycles. The summed E-state index contributed by atoms with van der Waals surface area (Å²) < 4.78 is 32.3. The van der Waals surface area contributed by atoms with E-state index >= 15 is 0 Å². The van der Waals surface area contributed by atoms with Crippen molar-refractivity contribution in [3.63, 3.8) is 0 Å². The fourth-order valence-electron chi connectivity index (χ4n) is 1.58. The zero-order chi connectivity index (χ0) is 13.4. The van der Waals surface area contributed by atoms with Crippen LogP contribution in [-0.4, -0.2) is 26.0 Å². The van der Waals surface area contributed by atoms with Gasteiger partial charge in [-0.05, 0) is 35.0 Å². The second kappa shape index (κ2) is 5.16. The van der Waals surface area contributed by atoms with Gasteiger partial charge in [-0.25, -0.2) is 13.1 Å². The van der Waals surface area contributed by atoms with E-state index in [0.717, 1.165) is 12.8 Å². The van der Waals surface area contributed by atoms with E-state index in [-0.39, 0.29) is 20.9 Å². The van der Waals surface area contributed by atoms with Gasteiger partial charge in [0, 0.05) is 17.4 Å². The Hall–Kier alpha value is -0.0200. The molecule has 1 aromatic heterocycles. The van der Waals surface area contributed by atoms with Gasteiger partial charge in [0.05, 0.1) is 6.54 Å². The number of nitrogens with two attached hydrogens (primary N) is 1. The number of furan rings is 1. The Morgan fingerprint density at radius 3 is 2.72 bits per heavy atom. The molecule has 3 N–H and O–H groups in total. The topological polar surface area (TPSA) is 85.3 Å². The lowest BCUT2D eigenvalue weighted by molar-refractivity contribution is 0.483. The van der Waals surface area contributed by atoms with Crippen LogP contribution in [0.2, 0.25) is 0 Å². The lowest BCUT2D eigenvalue weighted by Gasteiger charge is -2.12. The summed E-state index contributed by atoms with van der Waals surface area (Å²) in [6.07, 6.45) is 4.11. The van der Waals surface area contributed by atoms with Crippen molar-refractivity contribution in [3.05, 3.63) is 16.5 Å². The van der Waals surface area contributed by atoms with Crippen LogP contribution in [0.15, 0.2) is 20.0 Å². The predicted octanol–water partition coefficient (Wildman–Crippen LogP) is 1.67. The fourth-order valence-corrected chi connectivity index (χ4v) is 4.52. The second-order valence-corrected chi connectivity index (χ2v) is 8.00. The Morgan fingerprint density at radius 1 is 1.61 bits per heavy atom. The van der Waals surface area contributed by atoms with Crippen molar-refractivity contribution >= 4 is 37.7 Å². The molecule has 0 aromatic carbocycles. The molecule has 0 bridgehead atoms. The first-order valence-corrected chi connectivity index (χ1v) is 8.96. The molecule has 1 aromatic rings. The van der Waals surface area contributed by atoms with Crippen LogP contribution < -0.4 is 10.5 Å². The van der Waals surface area contributed by atoms with Crippen molar-refractivity contribution in [2.24, 2.45) is 5.73 Å². The number of hydrogen-bond acceptors (Lipinski definition) is 5. The molecular weight excluding hydrogens is 340 g/mol. The van der Waals surface area contributed by atoms with E-state index in [0.29, 0.717) is 12.3 Å². The van der Waals surface area contributed by atoms with E-state index in [1.807, 2.05) is 6.26 Å². The van der Waals surface area contributed by atoms with Gasteiger partial charge in [-0.3, -0.25) is 0 Å². The summed E-state index contributed by atoms with van der Waals surface area (Å²) in [4.78, 5) is 0.111. The van der Waals surface area contributed by atoms with Gasteiger partial charge in [0.15, 0.2) is 4.67 Å². The van der Waals surface area contributed by atoms with Crippen molar-refractivity contribution in [1.29, 1.82) is 0 Å². The van der Waals surface area contributed by atoms with Gasteiger partial charge in [0.2, 0.25) is 10.0 Å². The van der Waals surface area contributed by atoms with Gasteiger partial charge in [-0.1, -0.05) is 0 Å². The molecule has 0 amide bonds. The van der Waals surface area contributed by atoms with Crippen molar-refractivity contribution in [2.45, 2.75) is 29.0 Å². The predicted molar refractivity (Wildman–Crippen MR) is 75.0 cm³/mol. The molecule has 1 aliphatic rings. The van der Waals surface area contributed by atoms with E-state index in [4.69, 9.17) is 10.2 Å². The molecule has 0 spiro atoms. The minimum atomic E-state index is -3.54. The molecule has 0 unspecified atom stereocenters. The average molecular weight is 355 g/mol. The van der Waals surface area contributed by atoms with E-state index < -0.39 is 10.0 Å². The quantitative estimate of drug-likeness (QED) is 0.811. The smallest absolute Gasteiger partial charge is 0.245 e. The van der Waals surface area contributed by atoms with Crippen LogP contribution in [-0.2, 0) is 16.6 Å². The van der Waals surface area contributed by atoms with Gasteiger partial charge in [-0.2, -0.15) is 11.8 Å². The van der Waals surface area contributed by atoms with Crippen LogP contribution in [0.25, 0.3) is 0 Å². The number of thioether (sulfide) groups is 1.